The molecule has 0 saturated carbocycles. The zero-order valence-electron chi connectivity index (χ0n) is 16.5. The van der Waals surface area contributed by atoms with Crippen LogP contribution in [0, 0.1) is 0 Å². The van der Waals surface area contributed by atoms with Gasteiger partial charge in [-0.3, -0.25) is 9.36 Å². The largest absolute Gasteiger partial charge is 0.479 e. The van der Waals surface area contributed by atoms with Crippen molar-refractivity contribution in [3.63, 3.8) is 0 Å². The number of thiophene rings is 1. The van der Waals surface area contributed by atoms with Crippen LogP contribution in [0.25, 0.3) is 10.1 Å². The molecule has 0 atom stereocenters. The molecule has 164 valence electrons. The summed E-state index contributed by atoms with van der Waals surface area (Å²) in [5.41, 5.74) is 2.22. The van der Waals surface area contributed by atoms with E-state index in [-0.39, 0.29) is 11.5 Å². The van der Waals surface area contributed by atoms with Gasteiger partial charge in [0.2, 0.25) is 0 Å². The monoisotopic (exact) mass is 594 g/mol. The van der Waals surface area contributed by atoms with Crippen LogP contribution < -0.4 is 4.74 Å². The van der Waals surface area contributed by atoms with E-state index in [2.05, 4.69) is 31.9 Å². The van der Waals surface area contributed by atoms with Crippen LogP contribution >= 0.6 is 50.8 Å². The third kappa shape index (κ3) is 5.22. The van der Waals surface area contributed by atoms with Gasteiger partial charge in [-0.15, -0.1) is 11.3 Å². The number of hydrogen-bond donors (Lipinski definition) is 2. The summed E-state index contributed by atoms with van der Waals surface area (Å²) in [4.78, 5) is 32.8. The number of ether oxygens (including phenoxy) is 1. The van der Waals surface area contributed by atoms with Crippen LogP contribution in [-0.4, -0.2) is 21.9 Å². The molecule has 0 radical (unpaired) electrons. The maximum absolute atomic E-state index is 13.7. The Hall–Kier alpha value is -1.80. The lowest BCUT2D eigenvalue weighted by atomic mass is 9.97. The first kappa shape index (κ1) is 23.4. The molecule has 0 aliphatic carbocycles. The second kappa shape index (κ2) is 9.59. The van der Waals surface area contributed by atoms with Gasteiger partial charge < -0.3 is 14.5 Å². The number of carbonyl (C=O) groups is 1. The third-order valence-corrected chi connectivity index (χ3v) is 7.55. The van der Waals surface area contributed by atoms with Gasteiger partial charge in [0.1, 0.15) is 5.75 Å². The summed E-state index contributed by atoms with van der Waals surface area (Å²) in [6, 6.07) is 21.1. The van der Waals surface area contributed by atoms with Crippen LogP contribution in [0.5, 0.6) is 5.75 Å². The molecule has 2 N–H and O–H groups in total. The van der Waals surface area contributed by atoms with Crippen molar-refractivity contribution >= 4 is 66.7 Å². The van der Waals surface area contributed by atoms with Crippen LogP contribution in [0.2, 0.25) is 0 Å². The van der Waals surface area contributed by atoms with Crippen molar-refractivity contribution in [1.82, 2.24) is 0 Å². The van der Waals surface area contributed by atoms with Crippen molar-refractivity contribution in [1.29, 1.82) is 0 Å². The Balaban J connectivity index is 1.75. The highest BCUT2D eigenvalue weighted by molar-refractivity contribution is 9.11. The zero-order chi connectivity index (χ0) is 22.9. The number of carbonyl (C=O) groups excluding carboxylic acids is 1. The van der Waals surface area contributed by atoms with Gasteiger partial charge in [-0.25, -0.2) is 0 Å². The van der Waals surface area contributed by atoms with Gasteiger partial charge in [-0.2, -0.15) is 0 Å². The lowest BCUT2D eigenvalue weighted by Gasteiger charge is -2.13. The topological polar surface area (TPSA) is 83.8 Å². The fraction of sp³-hybridized carbons (Fsp3) is 0.0870. The van der Waals surface area contributed by atoms with Gasteiger partial charge in [0.25, 0.3) is 0 Å². The quantitative estimate of drug-likeness (QED) is 0.182. The van der Waals surface area contributed by atoms with Crippen molar-refractivity contribution < 1.29 is 23.9 Å². The Morgan fingerprint density at radius 3 is 2.25 bits per heavy atom. The first-order valence-electron chi connectivity index (χ1n) is 9.48. The van der Waals surface area contributed by atoms with Crippen molar-refractivity contribution in [2.45, 2.75) is 6.42 Å². The Morgan fingerprint density at radius 2 is 1.59 bits per heavy atom. The molecule has 0 aliphatic heterocycles. The molecule has 0 bridgehead atoms. The molecule has 0 amide bonds. The van der Waals surface area contributed by atoms with Crippen molar-refractivity contribution in [3.05, 3.63) is 97.2 Å². The lowest BCUT2D eigenvalue weighted by molar-refractivity contribution is 0.103. The highest BCUT2D eigenvalue weighted by Gasteiger charge is 2.23. The molecule has 0 unspecified atom stereocenters. The molecule has 0 saturated heterocycles. The highest BCUT2D eigenvalue weighted by Crippen LogP contribution is 2.41. The lowest BCUT2D eigenvalue weighted by Crippen LogP contribution is -2.06. The van der Waals surface area contributed by atoms with Gasteiger partial charge in [-0.05, 0) is 55.6 Å². The summed E-state index contributed by atoms with van der Waals surface area (Å²) >= 11 is 8.33. The Kier molecular flexibility index (Phi) is 7.00. The minimum absolute atomic E-state index is 0.128. The molecule has 5 nitrogen and oxygen atoms in total. The molecule has 0 aliphatic rings. The maximum atomic E-state index is 13.7. The van der Waals surface area contributed by atoms with Crippen LogP contribution in [0.4, 0.5) is 0 Å². The van der Waals surface area contributed by atoms with Crippen LogP contribution in [-0.2, 0) is 11.0 Å². The second-order valence-corrected chi connectivity index (χ2v) is 11.5. The standard InChI is InChI=1S/C23H17Br2O5PS/c24-17-11-15(12-18(25)23(17)30-13-31(27,28)29)22(26)21-16-8-4-5-9-19(16)32-20(21)10-14-6-2-1-3-7-14/h1-9,11-12H,10,13H2,(H2,27,28,29). The molecule has 1 heterocycles. The fourth-order valence-electron chi connectivity index (χ4n) is 3.37. The normalized spacial score (nSPS) is 11.6. The molecule has 4 aromatic rings. The van der Waals surface area contributed by atoms with Crippen molar-refractivity contribution in [3.8, 4) is 5.75 Å². The highest BCUT2D eigenvalue weighted by atomic mass is 79.9. The van der Waals surface area contributed by atoms with Crippen LogP contribution in [0.15, 0.2) is 75.7 Å². The minimum Gasteiger partial charge on any atom is -0.479 e. The van der Waals surface area contributed by atoms with Gasteiger partial charge in [0.15, 0.2) is 12.1 Å². The minimum atomic E-state index is -4.34. The summed E-state index contributed by atoms with van der Waals surface area (Å²) in [5, 5.41) is 0.905. The van der Waals surface area contributed by atoms with Crippen LogP contribution in [0.1, 0.15) is 26.4 Å². The average Bonchev–Trinajstić information content (AvgIpc) is 3.10. The fourth-order valence-corrected chi connectivity index (χ4v) is 6.32. The summed E-state index contributed by atoms with van der Waals surface area (Å²) < 4.78 is 18.3. The van der Waals surface area contributed by atoms with Crippen molar-refractivity contribution in [2.75, 3.05) is 6.35 Å². The van der Waals surface area contributed by atoms with E-state index in [0.29, 0.717) is 26.5 Å². The molecular weight excluding hydrogens is 579 g/mol. The smallest absolute Gasteiger partial charge is 0.362 e. The van der Waals surface area contributed by atoms with E-state index in [0.717, 1.165) is 20.5 Å². The number of fused-ring (bicyclic) bond motifs is 1. The van der Waals surface area contributed by atoms with E-state index in [4.69, 9.17) is 14.5 Å². The molecule has 0 fully saturated rings. The maximum Gasteiger partial charge on any atom is 0.362 e. The van der Waals surface area contributed by atoms with E-state index in [1.54, 1.807) is 23.5 Å². The molecule has 1 aromatic heterocycles. The van der Waals surface area contributed by atoms with E-state index in [9.17, 15) is 9.36 Å². The predicted molar refractivity (Wildman–Crippen MR) is 134 cm³/mol. The molecular formula is C23H17Br2O5PS. The number of benzene rings is 3. The molecule has 32 heavy (non-hydrogen) atoms. The van der Waals surface area contributed by atoms with Gasteiger partial charge in [0, 0.05) is 32.5 Å². The second-order valence-electron chi connectivity index (χ2n) is 7.10. The first-order valence-corrected chi connectivity index (χ1v) is 13.7. The molecule has 0 spiro atoms. The van der Waals surface area contributed by atoms with E-state index >= 15 is 0 Å². The number of halogens is 2. The predicted octanol–water partition coefficient (Wildman–Crippen LogP) is 6.76. The Labute approximate surface area is 205 Å². The number of ketones is 1. The molecule has 9 heteroatoms. The summed E-state index contributed by atoms with van der Waals surface area (Å²) in [6.45, 7) is 0. The van der Waals surface area contributed by atoms with E-state index < -0.39 is 13.9 Å². The zero-order valence-corrected chi connectivity index (χ0v) is 21.4. The Morgan fingerprint density at radius 1 is 0.969 bits per heavy atom. The summed E-state index contributed by atoms with van der Waals surface area (Å²) in [5.74, 6) is 0.0980. The Bertz CT molecular complexity index is 1320. The van der Waals surface area contributed by atoms with E-state index in [1.807, 2.05) is 54.6 Å². The average molecular weight is 596 g/mol. The molecule has 3 aromatic carbocycles. The number of hydrogen-bond acceptors (Lipinski definition) is 4. The van der Waals surface area contributed by atoms with Gasteiger partial charge in [-0.1, -0.05) is 48.5 Å². The SMILES string of the molecule is O=C(c1cc(Br)c(OCP(=O)(O)O)c(Br)c1)c1c(Cc2ccccc2)sc2ccccc12. The van der Waals surface area contributed by atoms with Crippen LogP contribution in [0.3, 0.4) is 0 Å². The third-order valence-electron chi connectivity index (χ3n) is 4.74. The van der Waals surface area contributed by atoms with Crippen molar-refractivity contribution in [2.24, 2.45) is 0 Å². The number of rotatable bonds is 7. The summed E-state index contributed by atoms with van der Waals surface area (Å²) in [7, 11) is -4.34. The first-order chi connectivity index (χ1) is 15.2. The molecule has 4 rings (SSSR count). The van der Waals surface area contributed by atoms with E-state index in [1.165, 1.54) is 0 Å². The summed E-state index contributed by atoms with van der Waals surface area (Å²) in [6.07, 6.45) is -0.110. The van der Waals surface area contributed by atoms with Gasteiger partial charge in [0.05, 0.1) is 8.95 Å². The van der Waals surface area contributed by atoms with Gasteiger partial charge >= 0.3 is 7.60 Å².